The molecule has 3 rings (SSSR count). The molecule has 1 fully saturated rings. The van der Waals surface area contributed by atoms with Crippen molar-refractivity contribution < 1.29 is 23.6 Å². The fourth-order valence-corrected chi connectivity index (χ4v) is 4.95. The minimum Gasteiger partial charge on any atom is -0.349 e. The fourth-order valence-electron chi connectivity index (χ4n) is 4.95. The van der Waals surface area contributed by atoms with Gasteiger partial charge in [-0.05, 0) is 62.4 Å². The van der Waals surface area contributed by atoms with Gasteiger partial charge in [0.2, 0.25) is 11.8 Å². The van der Waals surface area contributed by atoms with E-state index < -0.39 is 47.1 Å². The highest BCUT2D eigenvalue weighted by Gasteiger charge is 2.45. The van der Waals surface area contributed by atoms with Crippen LogP contribution in [0.2, 0.25) is 0 Å². The van der Waals surface area contributed by atoms with E-state index in [0.29, 0.717) is 25.2 Å². The molecular formula is C31H42FN5O4. The van der Waals surface area contributed by atoms with Crippen LogP contribution in [0.4, 0.5) is 10.1 Å². The summed E-state index contributed by atoms with van der Waals surface area (Å²) in [6.07, 6.45) is 0.668. The SMILES string of the molecule is CC(C)CN1CCN(C(C)(C)C(=O)N[C@@H](Cc2ccccc2)[C@@H](N)C[C@@H](C)C(=O)Nc2ccc(F)cc2)C(=O)C1=O. The molecule has 1 aliphatic heterocycles. The largest absolute Gasteiger partial charge is 0.349 e. The minimum absolute atomic E-state index is 0.218. The molecule has 4 N–H and O–H groups in total. The van der Waals surface area contributed by atoms with Crippen LogP contribution in [-0.4, -0.2) is 70.7 Å². The van der Waals surface area contributed by atoms with E-state index in [1.165, 1.54) is 34.1 Å². The van der Waals surface area contributed by atoms with Gasteiger partial charge in [-0.25, -0.2) is 4.39 Å². The Morgan fingerprint density at radius 1 is 0.976 bits per heavy atom. The van der Waals surface area contributed by atoms with Crippen molar-refractivity contribution >= 4 is 29.3 Å². The summed E-state index contributed by atoms with van der Waals surface area (Å²) in [4.78, 5) is 55.2. The molecule has 1 saturated heterocycles. The van der Waals surface area contributed by atoms with E-state index >= 15 is 0 Å². The van der Waals surface area contributed by atoms with Crippen molar-refractivity contribution in [3.8, 4) is 0 Å². The molecule has 0 aromatic heterocycles. The number of piperazine rings is 1. The lowest BCUT2D eigenvalue weighted by atomic mass is 9.90. The predicted molar refractivity (Wildman–Crippen MR) is 156 cm³/mol. The highest BCUT2D eigenvalue weighted by molar-refractivity contribution is 6.36. The number of carbonyl (C=O) groups is 4. The summed E-state index contributed by atoms with van der Waals surface area (Å²) < 4.78 is 13.2. The van der Waals surface area contributed by atoms with E-state index in [-0.39, 0.29) is 24.8 Å². The van der Waals surface area contributed by atoms with Gasteiger partial charge in [-0.15, -0.1) is 0 Å². The van der Waals surface area contributed by atoms with Crippen molar-refractivity contribution in [2.45, 2.75) is 65.1 Å². The molecule has 222 valence electrons. The molecule has 2 aromatic rings. The van der Waals surface area contributed by atoms with Gasteiger partial charge in [0.1, 0.15) is 11.4 Å². The minimum atomic E-state index is -1.31. The smallest absolute Gasteiger partial charge is 0.313 e. The molecule has 1 aliphatic rings. The Kier molecular flexibility index (Phi) is 10.6. The zero-order valence-corrected chi connectivity index (χ0v) is 24.5. The van der Waals surface area contributed by atoms with Gasteiger partial charge in [0.25, 0.3) is 0 Å². The molecule has 3 atom stereocenters. The molecule has 0 saturated carbocycles. The number of benzene rings is 2. The van der Waals surface area contributed by atoms with Gasteiger partial charge >= 0.3 is 11.8 Å². The van der Waals surface area contributed by atoms with Crippen LogP contribution in [0, 0.1) is 17.7 Å². The monoisotopic (exact) mass is 567 g/mol. The average molecular weight is 568 g/mol. The maximum Gasteiger partial charge on any atom is 0.313 e. The molecule has 2 aromatic carbocycles. The van der Waals surface area contributed by atoms with Crippen molar-refractivity contribution in [1.29, 1.82) is 0 Å². The second-order valence-corrected chi connectivity index (χ2v) is 11.7. The summed E-state index contributed by atoms with van der Waals surface area (Å²) in [6.45, 7) is 10.0. The number of hydrogen-bond donors (Lipinski definition) is 3. The van der Waals surface area contributed by atoms with E-state index in [2.05, 4.69) is 10.6 Å². The molecule has 0 bridgehead atoms. The Balaban J connectivity index is 1.72. The quantitative estimate of drug-likeness (QED) is 0.340. The van der Waals surface area contributed by atoms with Crippen LogP contribution in [0.5, 0.6) is 0 Å². The van der Waals surface area contributed by atoms with Crippen molar-refractivity contribution in [2.75, 3.05) is 25.0 Å². The Hall–Kier alpha value is -3.79. The Morgan fingerprint density at radius 2 is 1.61 bits per heavy atom. The molecule has 0 spiro atoms. The van der Waals surface area contributed by atoms with Gasteiger partial charge in [0, 0.05) is 43.3 Å². The van der Waals surface area contributed by atoms with Gasteiger partial charge in [-0.3, -0.25) is 19.2 Å². The van der Waals surface area contributed by atoms with Crippen LogP contribution in [0.3, 0.4) is 0 Å². The molecule has 1 heterocycles. The molecule has 4 amide bonds. The number of amides is 4. The Labute approximate surface area is 241 Å². The van der Waals surface area contributed by atoms with Crippen molar-refractivity contribution in [3.05, 3.63) is 66.0 Å². The van der Waals surface area contributed by atoms with Crippen LogP contribution in [0.15, 0.2) is 54.6 Å². The van der Waals surface area contributed by atoms with Crippen LogP contribution >= 0.6 is 0 Å². The molecule has 0 aliphatic carbocycles. The highest BCUT2D eigenvalue weighted by Crippen LogP contribution is 2.22. The highest BCUT2D eigenvalue weighted by atomic mass is 19.1. The van der Waals surface area contributed by atoms with E-state index in [4.69, 9.17) is 5.73 Å². The van der Waals surface area contributed by atoms with Crippen LogP contribution in [0.25, 0.3) is 0 Å². The lowest BCUT2D eigenvalue weighted by Crippen LogP contribution is -2.66. The van der Waals surface area contributed by atoms with E-state index in [0.717, 1.165) is 5.56 Å². The van der Waals surface area contributed by atoms with E-state index in [9.17, 15) is 23.6 Å². The Bertz CT molecular complexity index is 1220. The summed E-state index contributed by atoms with van der Waals surface area (Å²) in [7, 11) is 0. The summed E-state index contributed by atoms with van der Waals surface area (Å²) in [5, 5.41) is 5.79. The maximum atomic E-state index is 13.7. The summed E-state index contributed by atoms with van der Waals surface area (Å²) in [6, 6.07) is 13.9. The van der Waals surface area contributed by atoms with Gasteiger partial charge in [-0.2, -0.15) is 0 Å². The van der Waals surface area contributed by atoms with Crippen LogP contribution in [0.1, 0.15) is 46.6 Å². The molecule has 9 nitrogen and oxygen atoms in total. The maximum absolute atomic E-state index is 13.7. The van der Waals surface area contributed by atoms with Crippen molar-refractivity contribution in [1.82, 2.24) is 15.1 Å². The lowest BCUT2D eigenvalue weighted by molar-refractivity contribution is -0.163. The third-order valence-electron chi connectivity index (χ3n) is 7.44. The number of anilines is 1. The van der Waals surface area contributed by atoms with Crippen LogP contribution in [-0.2, 0) is 25.6 Å². The number of nitrogens with two attached hydrogens (primary N) is 1. The number of hydrogen-bond acceptors (Lipinski definition) is 5. The molecule has 0 unspecified atom stereocenters. The third kappa shape index (κ3) is 8.36. The molecule has 0 radical (unpaired) electrons. The fraction of sp³-hybridized carbons (Fsp3) is 0.484. The second-order valence-electron chi connectivity index (χ2n) is 11.7. The van der Waals surface area contributed by atoms with Gasteiger partial charge in [-0.1, -0.05) is 51.1 Å². The normalized spacial score (nSPS) is 16.4. The topological polar surface area (TPSA) is 125 Å². The first-order chi connectivity index (χ1) is 19.3. The molecule has 10 heteroatoms. The number of carbonyl (C=O) groups excluding carboxylic acids is 4. The second kappa shape index (κ2) is 13.7. The van der Waals surface area contributed by atoms with Gasteiger partial charge in [0.15, 0.2) is 0 Å². The lowest BCUT2D eigenvalue weighted by Gasteiger charge is -2.43. The standard InChI is InChI=1S/C31H42FN5O4/c1-20(2)19-36-15-16-37(29(40)28(36)39)31(4,5)30(41)35-26(18-22-9-7-6-8-10-22)25(33)17-21(3)27(38)34-24-13-11-23(32)12-14-24/h6-14,20-21,25-26H,15-19,33H2,1-5H3,(H,34,38)(H,35,41)/t21-,25+,26+/m1/s1. The Morgan fingerprint density at radius 3 is 2.22 bits per heavy atom. The van der Waals surface area contributed by atoms with Crippen molar-refractivity contribution in [2.24, 2.45) is 17.6 Å². The van der Waals surface area contributed by atoms with E-state index in [1.807, 2.05) is 44.2 Å². The van der Waals surface area contributed by atoms with Gasteiger partial charge < -0.3 is 26.2 Å². The first-order valence-electron chi connectivity index (χ1n) is 14.1. The summed E-state index contributed by atoms with van der Waals surface area (Å²) in [5.41, 5.74) is 6.73. The first kappa shape index (κ1) is 31.7. The molecular weight excluding hydrogens is 525 g/mol. The number of rotatable bonds is 12. The zero-order valence-electron chi connectivity index (χ0n) is 24.5. The number of nitrogens with one attached hydrogen (secondary N) is 2. The van der Waals surface area contributed by atoms with Crippen LogP contribution < -0.4 is 16.4 Å². The summed E-state index contributed by atoms with van der Waals surface area (Å²) in [5.74, 6) is -2.71. The number of nitrogens with zero attached hydrogens (tertiary/aromatic N) is 2. The van der Waals surface area contributed by atoms with Crippen molar-refractivity contribution in [3.63, 3.8) is 0 Å². The number of halogens is 1. The molecule has 41 heavy (non-hydrogen) atoms. The van der Waals surface area contributed by atoms with Gasteiger partial charge in [0.05, 0.1) is 0 Å². The average Bonchev–Trinajstić information content (AvgIpc) is 2.92. The first-order valence-corrected chi connectivity index (χ1v) is 14.1. The zero-order chi connectivity index (χ0) is 30.3. The third-order valence-corrected chi connectivity index (χ3v) is 7.44. The predicted octanol–water partition coefficient (Wildman–Crippen LogP) is 2.95. The summed E-state index contributed by atoms with van der Waals surface area (Å²) >= 11 is 0. The van der Waals surface area contributed by atoms with E-state index in [1.54, 1.807) is 20.8 Å².